The second-order valence-corrected chi connectivity index (χ2v) is 4.78. The van der Waals surface area contributed by atoms with Crippen LogP contribution >= 0.6 is 0 Å². The van der Waals surface area contributed by atoms with Crippen LogP contribution in [0.5, 0.6) is 5.75 Å². The molecule has 0 bridgehead atoms. The normalized spacial score (nSPS) is 10.4. The summed E-state index contributed by atoms with van der Waals surface area (Å²) >= 11 is 0. The third kappa shape index (κ3) is 5.33. The molecule has 0 saturated heterocycles. The van der Waals surface area contributed by atoms with Gasteiger partial charge in [0.25, 0.3) is 0 Å². The van der Waals surface area contributed by atoms with Gasteiger partial charge in [0.05, 0.1) is 0 Å². The first kappa shape index (κ1) is 15.5. The van der Waals surface area contributed by atoms with Gasteiger partial charge in [0.1, 0.15) is 5.75 Å². The van der Waals surface area contributed by atoms with Crippen LogP contribution in [0.2, 0.25) is 0 Å². The minimum atomic E-state index is -1.24. The van der Waals surface area contributed by atoms with Gasteiger partial charge in [-0.25, -0.2) is 4.79 Å². The lowest BCUT2D eigenvalue weighted by Gasteiger charge is -2.12. The van der Waals surface area contributed by atoms with Gasteiger partial charge in [-0.05, 0) is 36.5 Å². The molecule has 0 saturated carbocycles. The monoisotopic (exact) mass is 264 g/mol. The average Bonchev–Trinajstić information content (AvgIpc) is 2.38. The molecule has 1 aromatic rings. The lowest BCUT2D eigenvalue weighted by molar-refractivity contribution is 0.144. The van der Waals surface area contributed by atoms with E-state index in [-0.39, 0.29) is 0 Å². The summed E-state index contributed by atoms with van der Waals surface area (Å²) in [5, 5.41) is 8.73. The van der Waals surface area contributed by atoms with Crippen molar-refractivity contribution in [2.75, 3.05) is 0 Å². The van der Waals surface area contributed by atoms with Gasteiger partial charge in [-0.15, -0.1) is 0 Å². The van der Waals surface area contributed by atoms with E-state index in [2.05, 4.69) is 13.0 Å². The fraction of sp³-hybridized carbons (Fsp3) is 0.562. The van der Waals surface area contributed by atoms with Crippen LogP contribution in [-0.4, -0.2) is 11.3 Å². The standard InChI is InChI=1S/C16H24O3/c1-3-5-6-7-8-10-13-11-9-12-15(14(13)4-2)19-16(17)18/h9,11-12H,3-8,10H2,1-2H3,(H,17,18). The Morgan fingerprint density at radius 1 is 1.16 bits per heavy atom. The largest absolute Gasteiger partial charge is 0.511 e. The van der Waals surface area contributed by atoms with E-state index in [1.165, 1.54) is 31.2 Å². The number of unbranched alkanes of at least 4 members (excludes halogenated alkanes) is 4. The summed E-state index contributed by atoms with van der Waals surface area (Å²) in [4.78, 5) is 10.7. The Balaban J connectivity index is 2.63. The van der Waals surface area contributed by atoms with Gasteiger partial charge in [-0.2, -0.15) is 0 Å². The summed E-state index contributed by atoms with van der Waals surface area (Å²) < 4.78 is 4.84. The number of aryl methyl sites for hydroxylation is 1. The molecule has 1 N–H and O–H groups in total. The van der Waals surface area contributed by atoms with Crippen molar-refractivity contribution in [3.8, 4) is 5.75 Å². The van der Waals surface area contributed by atoms with Gasteiger partial charge in [-0.3, -0.25) is 0 Å². The molecular weight excluding hydrogens is 240 g/mol. The first-order valence-corrected chi connectivity index (χ1v) is 7.20. The van der Waals surface area contributed by atoms with Crippen molar-refractivity contribution in [2.45, 2.75) is 58.8 Å². The highest BCUT2D eigenvalue weighted by Gasteiger charge is 2.10. The Labute approximate surface area is 115 Å². The molecule has 1 aromatic carbocycles. The van der Waals surface area contributed by atoms with Crippen LogP contribution in [0.1, 0.15) is 57.1 Å². The van der Waals surface area contributed by atoms with Crippen molar-refractivity contribution in [1.82, 2.24) is 0 Å². The molecule has 1 rings (SSSR count). The van der Waals surface area contributed by atoms with Crippen LogP contribution in [0, 0.1) is 0 Å². The minimum Gasteiger partial charge on any atom is -0.449 e. The summed E-state index contributed by atoms with van der Waals surface area (Å²) in [6, 6.07) is 5.68. The zero-order valence-electron chi connectivity index (χ0n) is 11.9. The summed E-state index contributed by atoms with van der Waals surface area (Å²) in [5.74, 6) is 0.487. The molecule has 0 heterocycles. The van der Waals surface area contributed by atoms with E-state index in [0.29, 0.717) is 5.75 Å². The molecule has 0 amide bonds. The van der Waals surface area contributed by atoms with Crippen LogP contribution < -0.4 is 4.74 Å². The topological polar surface area (TPSA) is 46.5 Å². The third-order valence-electron chi connectivity index (χ3n) is 3.33. The van der Waals surface area contributed by atoms with Crippen molar-refractivity contribution in [3.63, 3.8) is 0 Å². The highest BCUT2D eigenvalue weighted by Crippen LogP contribution is 2.25. The van der Waals surface area contributed by atoms with Gasteiger partial charge >= 0.3 is 6.16 Å². The molecule has 106 valence electrons. The second-order valence-electron chi connectivity index (χ2n) is 4.78. The average molecular weight is 264 g/mol. The molecule has 0 aromatic heterocycles. The van der Waals surface area contributed by atoms with E-state index in [4.69, 9.17) is 9.84 Å². The molecule has 0 fully saturated rings. The van der Waals surface area contributed by atoms with E-state index in [1.807, 2.05) is 13.0 Å². The molecule has 0 aliphatic rings. The molecule has 0 spiro atoms. The first-order chi connectivity index (χ1) is 9.19. The summed E-state index contributed by atoms with van der Waals surface area (Å²) in [7, 11) is 0. The molecular formula is C16H24O3. The van der Waals surface area contributed by atoms with Crippen molar-refractivity contribution < 1.29 is 14.6 Å². The smallest absolute Gasteiger partial charge is 0.449 e. The van der Waals surface area contributed by atoms with E-state index in [1.54, 1.807) is 6.07 Å². The number of carboxylic acid groups (broad SMARTS) is 1. The van der Waals surface area contributed by atoms with Gasteiger partial charge in [-0.1, -0.05) is 51.7 Å². The zero-order valence-corrected chi connectivity index (χ0v) is 11.9. The van der Waals surface area contributed by atoms with E-state index in [9.17, 15) is 4.79 Å². The number of carbonyl (C=O) groups is 1. The van der Waals surface area contributed by atoms with Crippen molar-refractivity contribution in [3.05, 3.63) is 29.3 Å². The predicted molar refractivity (Wildman–Crippen MR) is 76.9 cm³/mol. The molecule has 3 nitrogen and oxygen atoms in total. The van der Waals surface area contributed by atoms with E-state index >= 15 is 0 Å². The van der Waals surface area contributed by atoms with Gasteiger partial charge in [0, 0.05) is 0 Å². The molecule has 0 aliphatic heterocycles. The van der Waals surface area contributed by atoms with Crippen molar-refractivity contribution in [1.29, 1.82) is 0 Å². The van der Waals surface area contributed by atoms with Crippen LogP contribution in [-0.2, 0) is 12.8 Å². The maximum absolute atomic E-state index is 10.7. The van der Waals surface area contributed by atoms with Crippen molar-refractivity contribution in [2.24, 2.45) is 0 Å². The Morgan fingerprint density at radius 2 is 1.89 bits per heavy atom. The minimum absolute atomic E-state index is 0.487. The number of hydrogen-bond acceptors (Lipinski definition) is 2. The molecule has 0 atom stereocenters. The van der Waals surface area contributed by atoms with E-state index in [0.717, 1.165) is 24.8 Å². The molecule has 0 aliphatic carbocycles. The Bertz CT molecular complexity index is 399. The highest BCUT2D eigenvalue weighted by atomic mass is 16.7. The predicted octanol–water partition coefficient (Wildman–Crippen LogP) is 4.82. The summed E-state index contributed by atoms with van der Waals surface area (Å²) in [6.45, 7) is 4.24. The van der Waals surface area contributed by atoms with Gasteiger partial charge in [0.15, 0.2) is 0 Å². The fourth-order valence-electron chi connectivity index (χ4n) is 2.36. The Hall–Kier alpha value is -1.51. The Morgan fingerprint density at radius 3 is 2.53 bits per heavy atom. The molecule has 3 heteroatoms. The number of hydrogen-bond donors (Lipinski definition) is 1. The number of benzene rings is 1. The molecule has 19 heavy (non-hydrogen) atoms. The molecule has 0 radical (unpaired) electrons. The third-order valence-corrected chi connectivity index (χ3v) is 3.33. The van der Waals surface area contributed by atoms with Crippen LogP contribution in [0.25, 0.3) is 0 Å². The lowest BCUT2D eigenvalue weighted by Crippen LogP contribution is -2.06. The maximum Gasteiger partial charge on any atom is 0.511 e. The first-order valence-electron chi connectivity index (χ1n) is 7.20. The summed E-state index contributed by atoms with van der Waals surface area (Å²) in [6.07, 6.45) is 6.78. The van der Waals surface area contributed by atoms with Gasteiger partial charge < -0.3 is 9.84 Å². The van der Waals surface area contributed by atoms with Crippen LogP contribution in [0.3, 0.4) is 0 Å². The van der Waals surface area contributed by atoms with E-state index < -0.39 is 6.16 Å². The fourth-order valence-corrected chi connectivity index (χ4v) is 2.36. The molecule has 0 unspecified atom stereocenters. The lowest BCUT2D eigenvalue weighted by atomic mass is 9.98. The zero-order chi connectivity index (χ0) is 14.1. The van der Waals surface area contributed by atoms with Gasteiger partial charge in [0.2, 0.25) is 0 Å². The SMILES string of the molecule is CCCCCCCc1cccc(OC(=O)O)c1CC. The highest BCUT2D eigenvalue weighted by molar-refractivity contribution is 5.62. The number of rotatable bonds is 8. The van der Waals surface area contributed by atoms with Crippen molar-refractivity contribution >= 4 is 6.16 Å². The maximum atomic E-state index is 10.7. The van der Waals surface area contributed by atoms with Crippen LogP contribution in [0.4, 0.5) is 4.79 Å². The second kappa shape index (κ2) is 8.57. The number of ether oxygens (including phenoxy) is 1. The van der Waals surface area contributed by atoms with Crippen LogP contribution in [0.15, 0.2) is 18.2 Å². The summed E-state index contributed by atoms with van der Waals surface area (Å²) in [5.41, 5.74) is 2.25. The Kier molecular flexibility index (Phi) is 7.01. The quantitative estimate of drug-likeness (QED) is 0.416.